The molecule has 1 amide bonds. The quantitative estimate of drug-likeness (QED) is 0.733. The third-order valence-corrected chi connectivity index (χ3v) is 4.55. The molecule has 1 saturated heterocycles. The average molecular weight is 400 g/mol. The fourth-order valence-corrected chi connectivity index (χ4v) is 3.02. The predicted molar refractivity (Wildman–Crippen MR) is 95.3 cm³/mol. The van der Waals surface area contributed by atoms with Crippen molar-refractivity contribution < 1.29 is 22.7 Å². The minimum Gasteiger partial charge on any atom is -0.444 e. The molecule has 11 heteroatoms. The lowest BCUT2D eigenvalue weighted by Crippen LogP contribution is -2.50. The highest BCUT2D eigenvalue weighted by Crippen LogP contribution is 2.30. The van der Waals surface area contributed by atoms with Crippen molar-refractivity contribution in [1.82, 2.24) is 24.7 Å². The molecule has 1 fully saturated rings. The van der Waals surface area contributed by atoms with Gasteiger partial charge in [-0.3, -0.25) is 0 Å². The number of carbonyl (C=O) groups is 1. The van der Waals surface area contributed by atoms with Crippen LogP contribution in [0.15, 0.2) is 0 Å². The number of aromatic nitrogens is 4. The third kappa shape index (κ3) is 3.83. The Morgan fingerprint density at radius 3 is 2.14 bits per heavy atom. The van der Waals surface area contributed by atoms with Crippen molar-refractivity contribution in [2.24, 2.45) is 0 Å². The van der Waals surface area contributed by atoms with Crippen molar-refractivity contribution >= 4 is 17.6 Å². The molecule has 2 aromatic rings. The molecule has 0 aliphatic carbocycles. The Hall–Kier alpha value is -2.59. The first-order chi connectivity index (χ1) is 12.9. The summed E-state index contributed by atoms with van der Waals surface area (Å²) in [5.41, 5.74) is 0.819. The van der Waals surface area contributed by atoms with E-state index in [2.05, 4.69) is 15.3 Å². The molecule has 8 nitrogen and oxygen atoms in total. The smallest absolute Gasteiger partial charge is 0.444 e. The molecule has 0 N–H and O–H groups in total. The van der Waals surface area contributed by atoms with Gasteiger partial charge in [-0.05, 0) is 34.6 Å². The van der Waals surface area contributed by atoms with E-state index >= 15 is 0 Å². The number of piperazine rings is 1. The summed E-state index contributed by atoms with van der Waals surface area (Å²) in [7, 11) is 0. The lowest BCUT2D eigenvalue weighted by atomic mass is 10.1. The van der Waals surface area contributed by atoms with Crippen LogP contribution in [0, 0.1) is 13.8 Å². The van der Waals surface area contributed by atoms with Crippen molar-refractivity contribution in [2.75, 3.05) is 31.1 Å². The molecule has 1 aliphatic heterocycles. The van der Waals surface area contributed by atoms with Gasteiger partial charge in [0.05, 0.1) is 0 Å². The Labute approximate surface area is 160 Å². The van der Waals surface area contributed by atoms with Gasteiger partial charge in [-0.2, -0.15) is 17.7 Å². The van der Waals surface area contributed by atoms with Gasteiger partial charge in [0.15, 0.2) is 11.5 Å². The maximum Gasteiger partial charge on any atom is 0.453 e. The minimum atomic E-state index is -4.65. The van der Waals surface area contributed by atoms with Gasteiger partial charge in [0.1, 0.15) is 5.60 Å². The van der Waals surface area contributed by atoms with Crippen molar-refractivity contribution in [3.63, 3.8) is 0 Å². The number of rotatable bonds is 1. The molecular weight excluding hydrogens is 377 g/mol. The number of hydrogen-bond acceptors (Lipinski definition) is 6. The highest BCUT2D eigenvalue weighted by molar-refractivity contribution is 5.69. The number of hydrogen-bond donors (Lipinski definition) is 0. The second-order valence-corrected chi connectivity index (χ2v) is 7.78. The first-order valence-corrected chi connectivity index (χ1v) is 8.91. The number of amides is 1. The number of fused-ring (bicyclic) bond motifs is 1. The van der Waals surface area contributed by atoms with Gasteiger partial charge in [0.25, 0.3) is 5.82 Å². The lowest BCUT2D eigenvalue weighted by Gasteiger charge is -2.36. The lowest BCUT2D eigenvalue weighted by molar-refractivity contribution is -0.146. The fourth-order valence-electron chi connectivity index (χ4n) is 3.02. The van der Waals surface area contributed by atoms with Crippen LogP contribution in [-0.4, -0.2) is 62.6 Å². The second-order valence-electron chi connectivity index (χ2n) is 7.78. The predicted octanol–water partition coefficient (Wildman–Crippen LogP) is 2.82. The van der Waals surface area contributed by atoms with Crippen molar-refractivity contribution in [1.29, 1.82) is 0 Å². The normalized spacial score (nSPS) is 16.0. The Bertz CT molecular complexity index is 895. The van der Waals surface area contributed by atoms with Gasteiger partial charge in [0.2, 0.25) is 0 Å². The Morgan fingerprint density at radius 2 is 1.61 bits per heavy atom. The van der Waals surface area contributed by atoms with E-state index in [1.807, 2.05) is 4.90 Å². The minimum absolute atomic E-state index is 0.0842. The summed E-state index contributed by atoms with van der Waals surface area (Å²) in [6.45, 7) is 10.5. The zero-order valence-corrected chi connectivity index (χ0v) is 16.5. The summed E-state index contributed by atoms with van der Waals surface area (Å²) in [6.07, 6.45) is -5.05. The van der Waals surface area contributed by atoms with Crippen LogP contribution in [0.1, 0.15) is 37.7 Å². The molecule has 28 heavy (non-hydrogen) atoms. The van der Waals surface area contributed by atoms with Crippen LogP contribution >= 0.6 is 0 Å². The molecule has 0 bridgehead atoms. The van der Waals surface area contributed by atoms with Gasteiger partial charge in [-0.1, -0.05) is 0 Å². The Kier molecular flexibility index (Phi) is 4.88. The summed E-state index contributed by atoms with van der Waals surface area (Å²) in [6, 6.07) is 0. The van der Waals surface area contributed by atoms with Gasteiger partial charge in [0, 0.05) is 37.3 Å². The first kappa shape index (κ1) is 20.2. The maximum atomic E-state index is 13.2. The molecule has 0 atom stereocenters. The van der Waals surface area contributed by atoms with E-state index in [4.69, 9.17) is 4.74 Å². The average Bonchev–Trinajstić information content (AvgIpc) is 3.01. The standard InChI is InChI=1S/C17H23F3N6O2/c1-10-11(2)13(23-26-12(10)21-22-14(26)17(18,19)20)24-6-8-25(9-7-24)15(27)28-16(3,4)5/h6-9H2,1-5H3. The monoisotopic (exact) mass is 400 g/mol. The molecule has 2 aromatic heterocycles. The second kappa shape index (κ2) is 6.78. The zero-order chi connectivity index (χ0) is 20.9. The molecule has 0 saturated carbocycles. The number of ether oxygens (including phenoxy) is 1. The number of carbonyl (C=O) groups excluding carboxylic acids is 1. The number of halogens is 3. The van der Waals surface area contributed by atoms with Crippen LogP contribution < -0.4 is 4.90 Å². The Balaban J connectivity index is 1.85. The van der Waals surface area contributed by atoms with E-state index in [0.717, 1.165) is 10.1 Å². The highest BCUT2D eigenvalue weighted by atomic mass is 19.4. The molecule has 0 aromatic carbocycles. The third-order valence-electron chi connectivity index (χ3n) is 4.55. The van der Waals surface area contributed by atoms with Gasteiger partial charge >= 0.3 is 12.3 Å². The van der Waals surface area contributed by atoms with Crippen LogP contribution in [0.2, 0.25) is 0 Å². The van der Waals surface area contributed by atoms with Crippen LogP contribution in [-0.2, 0) is 10.9 Å². The van der Waals surface area contributed by atoms with Crippen molar-refractivity contribution in [3.05, 3.63) is 17.0 Å². The van der Waals surface area contributed by atoms with E-state index in [-0.39, 0.29) is 5.65 Å². The van der Waals surface area contributed by atoms with Gasteiger partial charge < -0.3 is 14.5 Å². The highest BCUT2D eigenvalue weighted by Gasteiger charge is 2.38. The Morgan fingerprint density at radius 1 is 1.00 bits per heavy atom. The molecule has 0 radical (unpaired) electrons. The van der Waals surface area contributed by atoms with Crippen molar-refractivity contribution in [3.8, 4) is 0 Å². The molecule has 1 aliphatic rings. The van der Waals surface area contributed by atoms with Crippen molar-refractivity contribution in [2.45, 2.75) is 46.4 Å². The summed E-state index contributed by atoms with van der Waals surface area (Å²) in [5, 5.41) is 11.1. The molecule has 0 unspecified atom stereocenters. The largest absolute Gasteiger partial charge is 0.453 e. The van der Waals surface area contributed by atoms with E-state index in [1.165, 1.54) is 0 Å². The fraction of sp³-hybridized carbons (Fsp3) is 0.647. The summed E-state index contributed by atoms with van der Waals surface area (Å²) in [4.78, 5) is 15.6. The molecule has 0 spiro atoms. The molecular formula is C17H23F3N6O2. The number of aryl methyl sites for hydroxylation is 1. The van der Waals surface area contributed by atoms with E-state index in [0.29, 0.717) is 37.6 Å². The summed E-state index contributed by atoms with van der Waals surface area (Å²) >= 11 is 0. The van der Waals surface area contributed by atoms with Gasteiger partial charge in [-0.15, -0.1) is 15.3 Å². The van der Waals surface area contributed by atoms with Crippen LogP contribution in [0.4, 0.5) is 23.8 Å². The molecule has 3 rings (SSSR count). The topological polar surface area (TPSA) is 75.9 Å². The van der Waals surface area contributed by atoms with Gasteiger partial charge in [-0.25, -0.2) is 4.79 Å². The van der Waals surface area contributed by atoms with E-state index in [1.54, 1.807) is 39.5 Å². The summed E-state index contributed by atoms with van der Waals surface area (Å²) < 4.78 is 45.7. The van der Waals surface area contributed by atoms with E-state index < -0.39 is 23.7 Å². The van der Waals surface area contributed by atoms with Crippen LogP contribution in [0.5, 0.6) is 0 Å². The number of nitrogens with zero attached hydrogens (tertiary/aromatic N) is 6. The number of alkyl halides is 3. The van der Waals surface area contributed by atoms with Crippen LogP contribution in [0.25, 0.3) is 5.65 Å². The zero-order valence-electron chi connectivity index (χ0n) is 16.5. The van der Waals surface area contributed by atoms with E-state index in [9.17, 15) is 18.0 Å². The number of anilines is 1. The molecule has 3 heterocycles. The maximum absolute atomic E-state index is 13.2. The molecule has 154 valence electrons. The van der Waals surface area contributed by atoms with Crippen LogP contribution in [0.3, 0.4) is 0 Å². The SMILES string of the molecule is Cc1c(N2CCN(C(=O)OC(C)(C)C)CC2)nn2c(C(F)(F)F)nnc2c1C. The first-order valence-electron chi connectivity index (χ1n) is 8.91. The summed E-state index contributed by atoms with van der Waals surface area (Å²) in [5.74, 6) is -0.724.